The van der Waals surface area contributed by atoms with Crippen LogP contribution in [0.4, 0.5) is 17.5 Å². The van der Waals surface area contributed by atoms with E-state index in [9.17, 15) is 0 Å². The number of halogens is 2. The van der Waals surface area contributed by atoms with Crippen LogP contribution in [-0.2, 0) is 0 Å². The minimum absolute atomic E-state index is 0.112. The van der Waals surface area contributed by atoms with E-state index in [4.69, 9.17) is 23.2 Å². The predicted molar refractivity (Wildman–Crippen MR) is 89.9 cm³/mol. The standard InChI is InChI=1S/C15H18Cl2N4/c1-9-7-13(20-14(18-9)21-15(2,3)4)19-12-8-10(16)5-6-11(12)17/h5-8H,1-4H3,(H2,18,19,20,21). The van der Waals surface area contributed by atoms with Gasteiger partial charge in [0.2, 0.25) is 5.95 Å². The number of aromatic nitrogens is 2. The summed E-state index contributed by atoms with van der Waals surface area (Å²) in [6.45, 7) is 8.08. The quantitative estimate of drug-likeness (QED) is 0.829. The smallest absolute Gasteiger partial charge is 0.225 e. The van der Waals surface area contributed by atoms with E-state index in [1.807, 2.05) is 13.0 Å². The Morgan fingerprint density at radius 1 is 1.05 bits per heavy atom. The first-order valence-electron chi connectivity index (χ1n) is 6.59. The maximum absolute atomic E-state index is 6.15. The lowest BCUT2D eigenvalue weighted by molar-refractivity contribution is 0.625. The van der Waals surface area contributed by atoms with Gasteiger partial charge in [-0.1, -0.05) is 23.2 Å². The summed E-state index contributed by atoms with van der Waals surface area (Å²) in [5.41, 5.74) is 1.46. The Balaban J connectivity index is 2.30. The summed E-state index contributed by atoms with van der Waals surface area (Å²) in [5.74, 6) is 1.24. The molecule has 0 saturated carbocycles. The largest absolute Gasteiger partial charge is 0.350 e. The van der Waals surface area contributed by atoms with Crippen LogP contribution in [0, 0.1) is 6.92 Å². The van der Waals surface area contributed by atoms with Gasteiger partial charge in [-0.3, -0.25) is 0 Å². The molecular weight excluding hydrogens is 307 g/mol. The number of hydrogen-bond acceptors (Lipinski definition) is 4. The summed E-state index contributed by atoms with van der Waals surface area (Å²) in [6.07, 6.45) is 0. The normalized spacial score (nSPS) is 11.3. The highest BCUT2D eigenvalue weighted by Crippen LogP contribution is 2.28. The fourth-order valence-electron chi connectivity index (χ4n) is 1.76. The molecule has 2 aromatic rings. The summed E-state index contributed by atoms with van der Waals surface area (Å²) in [7, 11) is 0. The summed E-state index contributed by atoms with van der Waals surface area (Å²) < 4.78 is 0. The zero-order valence-electron chi connectivity index (χ0n) is 12.5. The Hall–Kier alpha value is -1.52. The van der Waals surface area contributed by atoms with Crippen LogP contribution in [0.2, 0.25) is 10.0 Å². The lowest BCUT2D eigenvalue weighted by Gasteiger charge is -2.21. The minimum Gasteiger partial charge on any atom is -0.350 e. The third kappa shape index (κ3) is 4.76. The Kier molecular flexibility index (Phi) is 4.59. The Morgan fingerprint density at radius 2 is 1.76 bits per heavy atom. The van der Waals surface area contributed by atoms with E-state index in [1.54, 1.807) is 18.2 Å². The third-order valence-electron chi connectivity index (χ3n) is 2.53. The van der Waals surface area contributed by atoms with E-state index in [0.717, 1.165) is 5.69 Å². The molecule has 21 heavy (non-hydrogen) atoms. The molecule has 2 N–H and O–H groups in total. The lowest BCUT2D eigenvalue weighted by Crippen LogP contribution is -2.27. The van der Waals surface area contributed by atoms with Crippen molar-refractivity contribution < 1.29 is 0 Å². The van der Waals surface area contributed by atoms with Gasteiger partial charge in [-0.2, -0.15) is 4.98 Å². The van der Waals surface area contributed by atoms with Gasteiger partial charge in [0.1, 0.15) is 5.82 Å². The van der Waals surface area contributed by atoms with Crippen LogP contribution in [0.15, 0.2) is 24.3 Å². The van der Waals surface area contributed by atoms with E-state index in [1.165, 1.54) is 0 Å². The van der Waals surface area contributed by atoms with Crippen molar-refractivity contribution in [2.75, 3.05) is 10.6 Å². The molecule has 0 aliphatic heterocycles. The predicted octanol–water partition coefficient (Wildman–Crippen LogP) is 5.05. The lowest BCUT2D eigenvalue weighted by atomic mass is 10.1. The van der Waals surface area contributed by atoms with Gasteiger partial charge in [0.25, 0.3) is 0 Å². The second kappa shape index (κ2) is 6.08. The summed E-state index contributed by atoms with van der Waals surface area (Å²) in [4.78, 5) is 8.83. The van der Waals surface area contributed by atoms with Crippen LogP contribution in [0.3, 0.4) is 0 Å². The van der Waals surface area contributed by atoms with Crippen molar-refractivity contribution in [3.63, 3.8) is 0 Å². The topological polar surface area (TPSA) is 49.8 Å². The molecule has 1 heterocycles. The van der Waals surface area contributed by atoms with E-state index >= 15 is 0 Å². The first-order valence-corrected chi connectivity index (χ1v) is 7.34. The molecule has 1 aromatic carbocycles. The summed E-state index contributed by atoms with van der Waals surface area (Å²) in [6, 6.07) is 7.10. The van der Waals surface area contributed by atoms with Crippen molar-refractivity contribution >= 4 is 40.7 Å². The number of rotatable bonds is 3. The third-order valence-corrected chi connectivity index (χ3v) is 3.10. The molecule has 0 atom stereocenters. The molecule has 112 valence electrons. The molecule has 0 aliphatic carbocycles. The Morgan fingerprint density at radius 3 is 2.43 bits per heavy atom. The van der Waals surface area contributed by atoms with Gasteiger partial charge in [-0.15, -0.1) is 0 Å². The van der Waals surface area contributed by atoms with E-state index in [0.29, 0.717) is 27.5 Å². The fraction of sp³-hybridized carbons (Fsp3) is 0.333. The van der Waals surface area contributed by atoms with Crippen LogP contribution < -0.4 is 10.6 Å². The second-order valence-corrected chi connectivity index (χ2v) is 6.69. The number of nitrogens with one attached hydrogen (secondary N) is 2. The first kappa shape index (κ1) is 15.9. The number of aryl methyl sites for hydroxylation is 1. The van der Waals surface area contributed by atoms with Crippen molar-refractivity contribution in [3.8, 4) is 0 Å². The van der Waals surface area contributed by atoms with Gasteiger partial charge in [0, 0.05) is 22.3 Å². The zero-order chi connectivity index (χ0) is 15.6. The van der Waals surface area contributed by atoms with E-state index < -0.39 is 0 Å². The van der Waals surface area contributed by atoms with E-state index in [2.05, 4.69) is 41.4 Å². The van der Waals surface area contributed by atoms with Crippen LogP contribution in [0.1, 0.15) is 26.5 Å². The molecule has 0 unspecified atom stereocenters. The molecule has 0 fully saturated rings. The van der Waals surface area contributed by atoms with Crippen LogP contribution in [0.25, 0.3) is 0 Å². The van der Waals surface area contributed by atoms with Gasteiger partial charge in [-0.05, 0) is 45.9 Å². The molecule has 0 aliphatic rings. The Labute approximate surface area is 134 Å². The molecule has 0 spiro atoms. The summed E-state index contributed by atoms with van der Waals surface area (Å²) in [5, 5.41) is 7.62. The molecule has 0 saturated heterocycles. The van der Waals surface area contributed by atoms with Crippen molar-refractivity contribution in [2.24, 2.45) is 0 Å². The Bertz CT molecular complexity index is 651. The molecule has 0 amide bonds. The molecule has 4 nitrogen and oxygen atoms in total. The van der Waals surface area contributed by atoms with Crippen molar-refractivity contribution in [1.29, 1.82) is 0 Å². The molecule has 1 aromatic heterocycles. The average molecular weight is 325 g/mol. The highest BCUT2D eigenvalue weighted by molar-refractivity contribution is 6.35. The van der Waals surface area contributed by atoms with Crippen LogP contribution >= 0.6 is 23.2 Å². The maximum atomic E-state index is 6.15. The van der Waals surface area contributed by atoms with Gasteiger partial charge in [0.15, 0.2) is 0 Å². The molecule has 2 rings (SSSR count). The highest BCUT2D eigenvalue weighted by atomic mass is 35.5. The van der Waals surface area contributed by atoms with E-state index in [-0.39, 0.29) is 5.54 Å². The monoisotopic (exact) mass is 324 g/mol. The number of anilines is 3. The van der Waals surface area contributed by atoms with Crippen LogP contribution in [0.5, 0.6) is 0 Å². The van der Waals surface area contributed by atoms with Crippen molar-refractivity contribution in [2.45, 2.75) is 33.2 Å². The van der Waals surface area contributed by atoms with Crippen molar-refractivity contribution in [1.82, 2.24) is 9.97 Å². The van der Waals surface area contributed by atoms with Crippen LogP contribution in [-0.4, -0.2) is 15.5 Å². The van der Waals surface area contributed by atoms with Gasteiger partial charge >= 0.3 is 0 Å². The van der Waals surface area contributed by atoms with Gasteiger partial charge < -0.3 is 10.6 Å². The first-order chi connectivity index (χ1) is 9.73. The number of benzene rings is 1. The zero-order valence-corrected chi connectivity index (χ0v) is 14.0. The SMILES string of the molecule is Cc1cc(Nc2cc(Cl)ccc2Cl)nc(NC(C)(C)C)n1. The summed E-state index contributed by atoms with van der Waals surface area (Å²) >= 11 is 12.1. The number of nitrogens with zero attached hydrogens (tertiary/aromatic N) is 2. The highest BCUT2D eigenvalue weighted by Gasteiger charge is 2.12. The molecule has 0 radical (unpaired) electrons. The number of hydrogen-bond donors (Lipinski definition) is 2. The van der Waals surface area contributed by atoms with Crippen molar-refractivity contribution in [3.05, 3.63) is 40.0 Å². The minimum atomic E-state index is -0.112. The molecule has 6 heteroatoms. The maximum Gasteiger partial charge on any atom is 0.225 e. The van der Waals surface area contributed by atoms with Gasteiger partial charge in [0.05, 0.1) is 10.7 Å². The fourth-order valence-corrected chi connectivity index (χ4v) is 2.09. The second-order valence-electron chi connectivity index (χ2n) is 5.84. The molecule has 0 bridgehead atoms. The van der Waals surface area contributed by atoms with Gasteiger partial charge in [-0.25, -0.2) is 4.98 Å². The molecular formula is C15H18Cl2N4. The average Bonchev–Trinajstić information content (AvgIpc) is 2.31.